The summed E-state index contributed by atoms with van der Waals surface area (Å²) in [5.74, 6) is -1.94. The number of rotatable bonds is 3. The summed E-state index contributed by atoms with van der Waals surface area (Å²) in [5.41, 5.74) is -0.214. The van der Waals surface area contributed by atoms with Crippen LogP contribution in [0.1, 0.15) is 30.7 Å². The van der Waals surface area contributed by atoms with E-state index in [4.69, 9.17) is 4.74 Å². The first-order valence-electron chi connectivity index (χ1n) is 13.5. The maximum atomic E-state index is 14.6. The van der Waals surface area contributed by atoms with Crippen molar-refractivity contribution in [3.05, 3.63) is 64.6 Å². The number of halogens is 2. The largest absolute Gasteiger partial charge is 0.492 e. The summed E-state index contributed by atoms with van der Waals surface area (Å²) in [6, 6.07) is 6.27. The number of fused-ring (bicyclic) bond motifs is 2. The predicted molar refractivity (Wildman–Crippen MR) is 148 cm³/mol. The fourth-order valence-corrected chi connectivity index (χ4v) is 8.35. The molecule has 0 aliphatic carbocycles. The van der Waals surface area contributed by atoms with Crippen LogP contribution in [0.2, 0.25) is 0 Å². The van der Waals surface area contributed by atoms with Gasteiger partial charge in [-0.2, -0.15) is 4.31 Å². The first kappa shape index (κ1) is 28.2. The third kappa shape index (κ3) is 5.61. The van der Waals surface area contributed by atoms with E-state index in [1.165, 1.54) is 24.3 Å². The molecule has 2 atom stereocenters. The lowest BCUT2D eigenvalue weighted by atomic mass is 9.84. The molecule has 218 valence electrons. The molecule has 0 saturated carbocycles. The summed E-state index contributed by atoms with van der Waals surface area (Å²) < 4.78 is 63.0. The number of amides is 1. The van der Waals surface area contributed by atoms with Crippen molar-refractivity contribution in [3.63, 3.8) is 0 Å². The fraction of sp³-hybridized carbons (Fsp3) is 0.429. The first-order chi connectivity index (χ1) is 19.6. The van der Waals surface area contributed by atoms with Crippen molar-refractivity contribution in [2.45, 2.75) is 54.8 Å². The maximum Gasteiger partial charge on any atom is 0.247 e. The molecule has 41 heavy (non-hydrogen) atoms. The summed E-state index contributed by atoms with van der Waals surface area (Å²) in [6.07, 6.45) is 2.43. The van der Waals surface area contributed by atoms with E-state index in [0.29, 0.717) is 37.9 Å². The number of thiazole rings is 1. The predicted octanol–water partition coefficient (Wildman–Crippen LogP) is 3.15. The lowest BCUT2D eigenvalue weighted by Gasteiger charge is -2.43. The number of ether oxygens (including phenoxy) is 1. The van der Waals surface area contributed by atoms with E-state index in [2.05, 4.69) is 15.2 Å². The van der Waals surface area contributed by atoms with Crippen LogP contribution in [0.3, 0.4) is 0 Å². The van der Waals surface area contributed by atoms with Gasteiger partial charge < -0.3 is 15.2 Å². The second kappa shape index (κ2) is 11.0. The Kier molecular flexibility index (Phi) is 7.57. The van der Waals surface area contributed by atoms with Crippen molar-refractivity contribution < 1.29 is 31.8 Å². The minimum absolute atomic E-state index is 0.0112. The molecule has 6 rings (SSSR count). The number of aliphatic hydroxyl groups is 1. The van der Waals surface area contributed by atoms with Gasteiger partial charge in [-0.3, -0.25) is 9.69 Å². The molecule has 9 nitrogen and oxygen atoms in total. The summed E-state index contributed by atoms with van der Waals surface area (Å²) in [6.45, 7) is 2.01. The van der Waals surface area contributed by atoms with E-state index in [1.807, 2.05) is 5.38 Å². The Morgan fingerprint density at radius 1 is 1.15 bits per heavy atom. The number of likely N-dealkylation sites (tertiary alicyclic amines) is 1. The van der Waals surface area contributed by atoms with Crippen LogP contribution in [0.15, 0.2) is 52.9 Å². The summed E-state index contributed by atoms with van der Waals surface area (Å²) in [5, 5.41) is 16.5. The second-order valence-electron chi connectivity index (χ2n) is 10.8. The molecule has 1 aromatic heterocycles. The van der Waals surface area contributed by atoms with E-state index in [9.17, 15) is 27.1 Å². The quantitative estimate of drug-likeness (QED) is 0.473. The fourth-order valence-electron chi connectivity index (χ4n) is 5.94. The van der Waals surface area contributed by atoms with Crippen LogP contribution >= 0.6 is 11.3 Å². The van der Waals surface area contributed by atoms with Crippen LogP contribution in [-0.4, -0.2) is 77.5 Å². The van der Waals surface area contributed by atoms with E-state index < -0.39 is 45.2 Å². The number of nitrogens with zero attached hydrogens (tertiary/aromatic N) is 3. The topological polar surface area (TPSA) is 112 Å². The summed E-state index contributed by atoms with van der Waals surface area (Å²) >= 11 is 1.59. The molecule has 2 aromatic carbocycles. The molecule has 2 saturated heterocycles. The Bertz CT molecular complexity index is 1540. The Morgan fingerprint density at radius 3 is 2.68 bits per heavy atom. The van der Waals surface area contributed by atoms with Gasteiger partial charge in [-0.25, -0.2) is 22.2 Å². The number of carbonyl (C=O) groups is 1. The molecule has 0 bridgehead atoms. The molecule has 3 aliphatic rings. The summed E-state index contributed by atoms with van der Waals surface area (Å²) in [4.78, 5) is 20.1. The molecule has 1 amide bonds. The van der Waals surface area contributed by atoms with E-state index in [0.717, 1.165) is 28.0 Å². The van der Waals surface area contributed by atoms with Crippen molar-refractivity contribution in [1.29, 1.82) is 0 Å². The molecule has 3 aliphatic heterocycles. The smallest absolute Gasteiger partial charge is 0.247 e. The lowest BCUT2D eigenvalue weighted by molar-refractivity contribution is -0.127. The van der Waals surface area contributed by atoms with Gasteiger partial charge in [0.05, 0.1) is 19.3 Å². The number of hydrogen-bond donors (Lipinski definition) is 2. The van der Waals surface area contributed by atoms with Gasteiger partial charge in [0.2, 0.25) is 15.9 Å². The SMILES string of the molecule is O=C1NC2(CCOc3cc(-c4ccc(F)cc4F)ccc3S(=O)(=O)N3C[C@H](O)C[C@@H]13)CCN(Cc1nccs1)CC2. The van der Waals surface area contributed by atoms with Crippen LogP contribution in [0.4, 0.5) is 8.78 Å². The van der Waals surface area contributed by atoms with Crippen molar-refractivity contribution in [2.24, 2.45) is 0 Å². The number of carbonyl (C=O) groups excluding carboxylic acids is 1. The van der Waals surface area contributed by atoms with Gasteiger partial charge >= 0.3 is 0 Å². The Hall–Kier alpha value is -2.97. The third-order valence-corrected chi connectivity index (χ3v) is 10.9. The third-order valence-electron chi connectivity index (χ3n) is 8.19. The summed E-state index contributed by atoms with van der Waals surface area (Å²) in [7, 11) is -4.28. The van der Waals surface area contributed by atoms with Gasteiger partial charge in [0.25, 0.3) is 0 Å². The number of piperidine rings is 1. The van der Waals surface area contributed by atoms with Crippen LogP contribution in [0.5, 0.6) is 5.75 Å². The van der Waals surface area contributed by atoms with Crippen LogP contribution < -0.4 is 10.1 Å². The first-order valence-corrected chi connectivity index (χ1v) is 15.8. The van der Waals surface area contributed by atoms with Gasteiger partial charge in [-0.15, -0.1) is 11.3 Å². The molecule has 2 N–H and O–H groups in total. The molecule has 0 radical (unpaired) electrons. The minimum Gasteiger partial charge on any atom is -0.492 e. The van der Waals surface area contributed by atoms with Crippen LogP contribution in [0.25, 0.3) is 11.1 Å². The molecule has 0 unspecified atom stereocenters. The van der Waals surface area contributed by atoms with Gasteiger partial charge in [-0.05, 0) is 42.7 Å². The highest BCUT2D eigenvalue weighted by Crippen LogP contribution is 2.38. The Balaban J connectivity index is 1.33. The zero-order valence-corrected chi connectivity index (χ0v) is 23.8. The molecular formula is C28H30F2N4O5S2. The normalized spacial score (nSPS) is 24.6. The lowest BCUT2D eigenvalue weighted by Crippen LogP contribution is -2.59. The number of nitrogens with one attached hydrogen (secondary N) is 1. The minimum atomic E-state index is -4.28. The molecule has 4 heterocycles. The van der Waals surface area contributed by atoms with Gasteiger partial charge in [0, 0.05) is 61.2 Å². The van der Waals surface area contributed by atoms with Gasteiger partial charge in [0.1, 0.15) is 33.3 Å². The van der Waals surface area contributed by atoms with E-state index in [-0.39, 0.29) is 35.8 Å². The highest BCUT2D eigenvalue weighted by atomic mass is 32.2. The highest BCUT2D eigenvalue weighted by molar-refractivity contribution is 7.89. The average Bonchev–Trinajstić information content (AvgIpc) is 3.59. The molecule has 3 aromatic rings. The van der Waals surface area contributed by atoms with E-state index in [1.54, 1.807) is 17.5 Å². The van der Waals surface area contributed by atoms with Crippen LogP contribution in [0, 0.1) is 11.6 Å². The maximum absolute atomic E-state index is 14.6. The highest BCUT2D eigenvalue weighted by Gasteiger charge is 2.47. The van der Waals surface area contributed by atoms with Crippen molar-refractivity contribution >= 4 is 27.3 Å². The number of aliphatic hydroxyl groups excluding tert-OH is 1. The second-order valence-corrected chi connectivity index (χ2v) is 13.7. The standard InChI is InChI=1S/C28H30F2N4O5S2/c29-19-2-3-21(22(30)14-19)18-1-4-25-24(13-18)39-11-7-28(5-9-33(10-6-28)17-26-31-8-12-40-26)32-27(36)23-15-20(35)16-34(23)41(25,37)38/h1-4,8,12-14,20,23,35H,5-7,9-11,15-17H2,(H,32,36)/t20-,23+/m1/s1. The van der Waals surface area contributed by atoms with Gasteiger partial charge in [0.15, 0.2) is 0 Å². The molecule has 13 heteroatoms. The molecule has 2 fully saturated rings. The van der Waals surface area contributed by atoms with Crippen molar-refractivity contribution in [2.75, 3.05) is 26.2 Å². The molecular weight excluding hydrogens is 574 g/mol. The van der Waals surface area contributed by atoms with E-state index >= 15 is 0 Å². The number of benzene rings is 2. The number of hydrogen-bond acceptors (Lipinski definition) is 8. The monoisotopic (exact) mass is 604 g/mol. The zero-order chi connectivity index (χ0) is 28.8. The van der Waals surface area contributed by atoms with Crippen molar-refractivity contribution in [1.82, 2.24) is 19.5 Å². The Labute approximate surface area is 240 Å². The Morgan fingerprint density at radius 2 is 1.95 bits per heavy atom. The van der Waals surface area contributed by atoms with Gasteiger partial charge in [-0.1, -0.05) is 6.07 Å². The number of sulfonamides is 1. The zero-order valence-electron chi connectivity index (χ0n) is 22.1. The van der Waals surface area contributed by atoms with Crippen molar-refractivity contribution in [3.8, 4) is 16.9 Å². The van der Waals surface area contributed by atoms with Crippen LogP contribution in [-0.2, 0) is 21.4 Å². The average molecular weight is 605 g/mol. The number of aromatic nitrogens is 1. The molecule has 1 spiro atoms.